The summed E-state index contributed by atoms with van der Waals surface area (Å²) in [5.74, 6) is -0.552. The average molecular weight is 273 g/mol. The molecule has 0 aliphatic carbocycles. The Morgan fingerprint density at radius 3 is 2.28 bits per heavy atom. The van der Waals surface area contributed by atoms with E-state index in [2.05, 4.69) is 0 Å². The van der Waals surface area contributed by atoms with E-state index < -0.39 is 31.4 Å². The number of sulfonamides is 1. The zero-order valence-electron chi connectivity index (χ0n) is 9.65. The molecule has 1 aromatic carbocycles. The van der Waals surface area contributed by atoms with Crippen molar-refractivity contribution in [2.75, 3.05) is 14.1 Å². The Morgan fingerprint density at radius 2 is 1.89 bits per heavy atom. The van der Waals surface area contributed by atoms with E-state index in [-0.39, 0.29) is 5.56 Å². The first-order chi connectivity index (χ1) is 8.12. The molecule has 0 saturated carbocycles. The Hall–Kier alpha value is -2.00. The molecule has 0 saturated heterocycles. The monoisotopic (exact) mass is 273 g/mol. The maximum absolute atomic E-state index is 11.7. The Kier molecular flexibility index (Phi) is 3.67. The largest absolute Gasteiger partial charge is 0.345 e. The van der Waals surface area contributed by atoms with Crippen LogP contribution >= 0.6 is 0 Å². The molecule has 0 fully saturated rings. The first-order valence-electron chi connectivity index (χ1n) is 4.67. The molecule has 9 heteroatoms. The molecule has 18 heavy (non-hydrogen) atoms. The summed E-state index contributed by atoms with van der Waals surface area (Å²) in [6.07, 6.45) is 0. The van der Waals surface area contributed by atoms with Gasteiger partial charge in [0.25, 0.3) is 11.6 Å². The van der Waals surface area contributed by atoms with Crippen LogP contribution in [0.15, 0.2) is 23.1 Å². The van der Waals surface area contributed by atoms with E-state index in [1.807, 2.05) is 0 Å². The highest BCUT2D eigenvalue weighted by atomic mass is 32.2. The fourth-order valence-corrected chi connectivity index (χ4v) is 1.81. The number of nitro benzene ring substituents is 1. The summed E-state index contributed by atoms with van der Waals surface area (Å²) in [5, 5.41) is 15.6. The number of nitrogens with two attached hydrogens (primary N) is 1. The summed E-state index contributed by atoms with van der Waals surface area (Å²) in [4.78, 5) is 22.2. The highest BCUT2D eigenvalue weighted by molar-refractivity contribution is 7.89. The molecule has 0 atom stereocenters. The SMILES string of the molecule is CN(C)C(=O)c1cc([N+](=O)[O-])cc(S(N)(=O)=O)c1. The van der Waals surface area contributed by atoms with Crippen LogP contribution in [-0.4, -0.2) is 38.2 Å². The van der Waals surface area contributed by atoms with Crippen molar-refractivity contribution in [3.8, 4) is 0 Å². The van der Waals surface area contributed by atoms with Gasteiger partial charge >= 0.3 is 0 Å². The van der Waals surface area contributed by atoms with Gasteiger partial charge in [0.1, 0.15) is 0 Å². The van der Waals surface area contributed by atoms with E-state index >= 15 is 0 Å². The van der Waals surface area contributed by atoms with Crippen molar-refractivity contribution < 1.29 is 18.1 Å². The topological polar surface area (TPSA) is 124 Å². The van der Waals surface area contributed by atoms with Crippen LogP contribution < -0.4 is 5.14 Å². The average Bonchev–Trinajstić information content (AvgIpc) is 2.26. The van der Waals surface area contributed by atoms with Crippen molar-refractivity contribution in [1.29, 1.82) is 0 Å². The molecule has 1 amide bonds. The Bertz CT molecular complexity index is 609. The van der Waals surface area contributed by atoms with Crippen LogP contribution in [0.1, 0.15) is 10.4 Å². The number of nitrogens with zero attached hydrogens (tertiary/aromatic N) is 2. The fourth-order valence-electron chi connectivity index (χ4n) is 1.23. The summed E-state index contributed by atoms with van der Waals surface area (Å²) in [5.41, 5.74) is -0.620. The number of nitro groups is 1. The molecule has 0 spiro atoms. The van der Waals surface area contributed by atoms with E-state index in [4.69, 9.17) is 5.14 Å². The number of primary sulfonamides is 1. The van der Waals surface area contributed by atoms with Gasteiger partial charge in [0.2, 0.25) is 10.0 Å². The number of amides is 1. The van der Waals surface area contributed by atoms with Gasteiger partial charge in [0.15, 0.2) is 0 Å². The van der Waals surface area contributed by atoms with E-state index in [9.17, 15) is 23.3 Å². The van der Waals surface area contributed by atoms with Gasteiger partial charge in [-0.25, -0.2) is 13.6 Å². The molecular weight excluding hydrogens is 262 g/mol. The second-order valence-electron chi connectivity index (χ2n) is 3.72. The summed E-state index contributed by atoms with van der Waals surface area (Å²) in [7, 11) is -1.23. The predicted molar refractivity (Wildman–Crippen MR) is 62.5 cm³/mol. The summed E-state index contributed by atoms with van der Waals surface area (Å²) in [6, 6.07) is 2.81. The highest BCUT2D eigenvalue weighted by Gasteiger charge is 2.20. The molecule has 0 radical (unpaired) electrons. The minimum Gasteiger partial charge on any atom is -0.345 e. The van der Waals surface area contributed by atoms with E-state index in [0.717, 1.165) is 18.2 Å². The molecule has 0 bridgehead atoms. The molecule has 1 aromatic rings. The number of non-ortho nitro benzene ring substituents is 1. The third-order valence-corrected chi connectivity index (χ3v) is 2.98. The number of hydrogen-bond acceptors (Lipinski definition) is 5. The standard InChI is InChI=1S/C9H11N3O5S/c1-11(2)9(13)6-3-7(12(14)15)5-8(4-6)18(10,16)17/h3-5H,1-2H3,(H2,10,16,17). The fraction of sp³-hybridized carbons (Fsp3) is 0.222. The van der Waals surface area contributed by atoms with E-state index in [0.29, 0.717) is 0 Å². The molecule has 2 N–H and O–H groups in total. The Balaban J connectivity index is 3.50. The van der Waals surface area contributed by atoms with Gasteiger partial charge in [0, 0.05) is 31.8 Å². The lowest BCUT2D eigenvalue weighted by Gasteiger charge is -2.10. The van der Waals surface area contributed by atoms with Crippen molar-refractivity contribution in [2.45, 2.75) is 4.90 Å². The first kappa shape index (κ1) is 14.1. The Morgan fingerprint density at radius 1 is 1.33 bits per heavy atom. The second kappa shape index (κ2) is 4.70. The van der Waals surface area contributed by atoms with Crippen molar-refractivity contribution in [3.05, 3.63) is 33.9 Å². The van der Waals surface area contributed by atoms with Crippen LogP contribution in [0.25, 0.3) is 0 Å². The normalized spacial score (nSPS) is 11.1. The van der Waals surface area contributed by atoms with Gasteiger partial charge in [-0.2, -0.15) is 0 Å². The van der Waals surface area contributed by atoms with Crippen LogP contribution in [0.3, 0.4) is 0 Å². The summed E-state index contributed by atoms with van der Waals surface area (Å²) in [6.45, 7) is 0. The number of carbonyl (C=O) groups is 1. The zero-order valence-corrected chi connectivity index (χ0v) is 10.5. The van der Waals surface area contributed by atoms with Crippen molar-refractivity contribution in [1.82, 2.24) is 4.90 Å². The van der Waals surface area contributed by atoms with Gasteiger partial charge in [0.05, 0.1) is 9.82 Å². The van der Waals surface area contributed by atoms with Crippen LogP contribution in [0, 0.1) is 10.1 Å². The van der Waals surface area contributed by atoms with Gasteiger partial charge in [-0.3, -0.25) is 14.9 Å². The van der Waals surface area contributed by atoms with Crippen LogP contribution in [-0.2, 0) is 10.0 Å². The molecule has 0 aliphatic rings. The van der Waals surface area contributed by atoms with Crippen LogP contribution in [0.4, 0.5) is 5.69 Å². The number of benzene rings is 1. The number of rotatable bonds is 3. The van der Waals surface area contributed by atoms with Crippen molar-refractivity contribution in [3.63, 3.8) is 0 Å². The van der Waals surface area contributed by atoms with Crippen LogP contribution in [0.2, 0.25) is 0 Å². The lowest BCUT2D eigenvalue weighted by atomic mass is 10.2. The molecule has 0 heterocycles. The zero-order chi connectivity index (χ0) is 14.1. The van der Waals surface area contributed by atoms with E-state index in [1.54, 1.807) is 0 Å². The number of carbonyl (C=O) groups excluding carboxylic acids is 1. The molecule has 1 rings (SSSR count). The summed E-state index contributed by atoms with van der Waals surface area (Å²) >= 11 is 0. The van der Waals surface area contributed by atoms with Gasteiger partial charge in [-0.1, -0.05) is 0 Å². The lowest BCUT2D eigenvalue weighted by Crippen LogP contribution is -2.22. The molecule has 0 aromatic heterocycles. The smallest absolute Gasteiger partial charge is 0.271 e. The van der Waals surface area contributed by atoms with Gasteiger partial charge in [-0.05, 0) is 6.07 Å². The van der Waals surface area contributed by atoms with Crippen molar-refractivity contribution >= 4 is 21.6 Å². The minimum atomic E-state index is -4.12. The summed E-state index contributed by atoms with van der Waals surface area (Å²) < 4.78 is 22.4. The van der Waals surface area contributed by atoms with Gasteiger partial charge in [-0.15, -0.1) is 0 Å². The van der Waals surface area contributed by atoms with Crippen molar-refractivity contribution in [2.24, 2.45) is 5.14 Å². The van der Waals surface area contributed by atoms with Gasteiger partial charge < -0.3 is 4.90 Å². The van der Waals surface area contributed by atoms with Crippen LogP contribution in [0.5, 0.6) is 0 Å². The molecule has 8 nitrogen and oxygen atoms in total. The molecule has 0 unspecified atom stereocenters. The third-order valence-electron chi connectivity index (χ3n) is 2.08. The molecule has 98 valence electrons. The lowest BCUT2D eigenvalue weighted by molar-refractivity contribution is -0.385. The number of hydrogen-bond donors (Lipinski definition) is 1. The second-order valence-corrected chi connectivity index (χ2v) is 5.28. The minimum absolute atomic E-state index is 0.113. The molecular formula is C9H11N3O5S. The third kappa shape index (κ3) is 3.02. The highest BCUT2D eigenvalue weighted by Crippen LogP contribution is 2.20. The van der Waals surface area contributed by atoms with E-state index in [1.165, 1.54) is 19.0 Å². The first-order valence-corrected chi connectivity index (χ1v) is 6.21. The maximum Gasteiger partial charge on any atom is 0.271 e. The maximum atomic E-state index is 11.7. The quantitative estimate of drug-likeness (QED) is 0.610. The predicted octanol–water partition coefficient (Wildman–Crippen LogP) is -0.0560. The Labute approximate surface area is 103 Å². The molecule has 0 aliphatic heterocycles.